The Balaban J connectivity index is 2.21. The number of hydrogen-bond donors (Lipinski definition) is 2. The molecule has 0 saturated heterocycles. The van der Waals surface area contributed by atoms with Crippen LogP contribution < -0.4 is 11.1 Å². The molecular formula is C12H10ClN3O4S. The average Bonchev–Trinajstić information content (AvgIpc) is 2.42. The molecule has 0 atom stereocenters. The van der Waals surface area contributed by atoms with E-state index in [2.05, 4.69) is 10.1 Å². The van der Waals surface area contributed by atoms with Gasteiger partial charge >= 0.3 is 17.1 Å². The standard InChI is InChI=1S/C12H10ClN3O4S/c1-16-12(14-9(17)10(18)15-16)21-5-7-3-2-6(11(19)20)4-8(7)13/h2-4H,5H2,1H3,(H,15,18)(H,19,20). The van der Waals surface area contributed by atoms with Crippen LogP contribution in [-0.4, -0.2) is 25.8 Å². The summed E-state index contributed by atoms with van der Waals surface area (Å²) in [6, 6.07) is 4.41. The largest absolute Gasteiger partial charge is 0.478 e. The van der Waals surface area contributed by atoms with Crippen molar-refractivity contribution in [3.05, 3.63) is 55.1 Å². The third-order valence-electron chi connectivity index (χ3n) is 2.60. The van der Waals surface area contributed by atoms with Gasteiger partial charge in [0, 0.05) is 17.8 Å². The Morgan fingerprint density at radius 2 is 2.19 bits per heavy atom. The summed E-state index contributed by atoms with van der Waals surface area (Å²) in [5, 5.41) is 11.8. The molecule has 1 aromatic heterocycles. The van der Waals surface area contributed by atoms with Crippen LogP contribution in [0.2, 0.25) is 5.02 Å². The summed E-state index contributed by atoms with van der Waals surface area (Å²) in [6.07, 6.45) is 0. The molecule has 0 unspecified atom stereocenters. The van der Waals surface area contributed by atoms with E-state index in [1.165, 1.54) is 28.6 Å². The first kappa shape index (κ1) is 15.3. The third-order valence-corrected chi connectivity index (χ3v) is 4.03. The molecule has 0 aliphatic carbocycles. The fourth-order valence-electron chi connectivity index (χ4n) is 1.53. The van der Waals surface area contributed by atoms with Gasteiger partial charge in [0.1, 0.15) is 0 Å². The summed E-state index contributed by atoms with van der Waals surface area (Å²) >= 11 is 7.21. The van der Waals surface area contributed by atoms with Gasteiger partial charge in [0.2, 0.25) is 0 Å². The molecule has 1 aromatic carbocycles. The quantitative estimate of drug-likeness (QED) is 0.644. The number of nitrogens with one attached hydrogen (secondary N) is 1. The molecule has 0 fully saturated rings. The van der Waals surface area contributed by atoms with Crippen molar-refractivity contribution in [3.8, 4) is 0 Å². The molecule has 9 heteroatoms. The van der Waals surface area contributed by atoms with E-state index in [0.29, 0.717) is 21.5 Å². The van der Waals surface area contributed by atoms with Gasteiger partial charge in [0.05, 0.1) is 5.56 Å². The minimum absolute atomic E-state index is 0.100. The number of rotatable bonds is 4. The van der Waals surface area contributed by atoms with E-state index in [4.69, 9.17) is 16.7 Å². The number of halogens is 1. The van der Waals surface area contributed by atoms with Crippen LogP contribution in [0, 0.1) is 0 Å². The third kappa shape index (κ3) is 3.53. The predicted octanol–water partition coefficient (Wildman–Crippen LogP) is 1.11. The van der Waals surface area contributed by atoms with E-state index in [0.717, 1.165) is 0 Å². The molecule has 1 heterocycles. The fraction of sp³-hybridized carbons (Fsp3) is 0.167. The molecule has 2 aromatic rings. The zero-order chi connectivity index (χ0) is 15.6. The number of aromatic nitrogens is 3. The molecule has 2 rings (SSSR count). The second kappa shape index (κ2) is 6.15. The van der Waals surface area contributed by atoms with Gasteiger partial charge in [-0.1, -0.05) is 29.4 Å². The summed E-state index contributed by atoms with van der Waals surface area (Å²) in [5.41, 5.74) is -0.843. The van der Waals surface area contributed by atoms with Crippen molar-refractivity contribution in [2.75, 3.05) is 0 Å². The molecule has 2 N–H and O–H groups in total. The minimum Gasteiger partial charge on any atom is -0.478 e. The molecule has 0 spiro atoms. The Hall–Kier alpha value is -2.06. The highest BCUT2D eigenvalue weighted by molar-refractivity contribution is 7.98. The molecule has 0 radical (unpaired) electrons. The van der Waals surface area contributed by atoms with E-state index in [1.54, 1.807) is 13.1 Å². The van der Waals surface area contributed by atoms with E-state index >= 15 is 0 Å². The van der Waals surface area contributed by atoms with E-state index < -0.39 is 17.1 Å². The molecule has 0 saturated carbocycles. The molecule has 0 bridgehead atoms. The van der Waals surface area contributed by atoms with Crippen LogP contribution in [-0.2, 0) is 12.8 Å². The maximum absolute atomic E-state index is 11.2. The number of carboxylic acid groups (broad SMARTS) is 1. The van der Waals surface area contributed by atoms with Gasteiger partial charge < -0.3 is 5.11 Å². The second-order valence-electron chi connectivity index (χ2n) is 4.10. The number of nitrogens with zero attached hydrogens (tertiary/aromatic N) is 2. The second-order valence-corrected chi connectivity index (χ2v) is 5.45. The Labute approximate surface area is 127 Å². The molecular weight excluding hydrogens is 318 g/mol. The van der Waals surface area contributed by atoms with Crippen LogP contribution in [0.25, 0.3) is 0 Å². The summed E-state index contributed by atoms with van der Waals surface area (Å²) < 4.78 is 1.34. The monoisotopic (exact) mass is 327 g/mol. The number of carbonyl (C=O) groups is 1. The number of hydrogen-bond acceptors (Lipinski definition) is 5. The summed E-state index contributed by atoms with van der Waals surface area (Å²) in [5.74, 6) is -0.675. The van der Waals surface area contributed by atoms with Crippen LogP contribution in [0.15, 0.2) is 32.9 Å². The Morgan fingerprint density at radius 1 is 1.48 bits per heavy atom. The normalized spacial score (nSPS) is 10.6. The van der Waals surface area contributed by atoms with Crippen molar-refractivity contribution in [1.82, 2.24) is 14.8 Å². The van der Waals surface area contributed by atoms with Crippen LogP contribution in [0.5, 0.6) is 0 Å². The SMILES string of the molecule is Cn1[nH]c(=O)c(=O)nc1SCc1ccc(C(=O)O)cc1Cl. The van der Waals surface area contributed by atoms with Gasteiger partial charge in [0.15, 0.2) is 5.16 Å². The van der Waals surface area contributed by atoms with E-state index in [9.17, 15) is 14.4 Å². The molecule has 0 aliphatic rings. The highest BCUT2D eigenvalue weighted by atomic mass is 35.5. The van der Waals surface area contributed by atoms with Crippen molar-refractivity contribution in [1.29, 1.82) is 0 Å². The Kier molecular flexibility index (Phi) is 4.49. The number of benzene rings is 1. The lowest BCUT2D eigenvalue weighted by molar-refractivity contribution is 0.0697. The smallest absolute Gasteiger partial charge is 0.339 e. The highest BCUT2D eigenvalue weighted by Crippen LogP contribution is 2.25. The number of aromatic amines is 1. The van der Waals surface area contributed by atoms with Crippen molar-refractivity contribution >= 4 is 29.3 Å². The lowest BCUT2D eigenvalue weighted by atomic mass is 10.1. The van der Waals surface area contributed by atoms with Gasteiger partial charge in [0.25, 0.3) is 0 Å². The summed E-state index contributed by atoms with van der Waals surface area (Å²) in [7, 11) is 1.56. The first-order valence-corrected chi connectivity index (χ1v) is 7.06. The summed E-state index contributed by atoms with van der Waals surface area (Å²) in [6.45, 7) is 0. The van der Waals surface area contributed by atoms with Gasteiger partial charge in [-0.25, -0.2) is 4.79 Å². The van der Waals surface area contributed by atoms with Crippen molar-refractivity contribution in [2.45, 2.75) is 10.9 Å². The lowest BCUT2D eigenvalue weighted by Gasteiger charge is -2.07. The zero-order valence-corrected chi connectivity index (χ0v) is 12.4. The number of aromatic carboxylic acids is 1. The first-order valence-electron chi connectivity index (χ1n) is 5.70. The van der Waals surface area contributed by atoms with Gasteiger partial charge in [-0.3, -0.25) is 19.4 Å². The number of aryl methyl sites for hydroxylation is 1. The molecule has 0 aliphatic heterocycles. The topological polar surface area (TPSA) is 105 Å². The minimum atomic E-state index is -1.05. The lowest BCUT2D eigenvalue weighted by Crippen LogP contribution is -2.33. The van der Waals surface area contributed by atoms with Crippen LogP contribution >= 0.6 is 23.4 Å². The Bertz CT molecular complexity index is 815. The van der Waals surface area contributed by atoms with Crippen molar-refractivity contribution in [2.24, 2.45) is 7.05 Å². The Morgan fingerprint density at radius 3 is 2.81 bits per heavy atom. The van der Waals surface area contributed by atoms with Crippen LogP contribution in [0.1, 0.15) is 15.9 Å². The number of carboxylic acids is 1. The fourth-order valence-corrected chi connectivity index (χ4v) is 2.78. The number of thioether (sulfide) groups is 1. The summed E-state index contributed by atoms with van der Waals surface area (Å²) in [4.78, 5) is 36.8. The highest BCUT2D eigenvalue weighted by Gasteiger charge is 2.09. The maximum Gasteiger partial charge on any atom is 0.339 e. The van der Waals surface area contributed by atoms with Gasteiger partial charge in [-0.05, 0) is 17.7 Å². The number of H-pyrrole nitrogens is 1. The van der Waals surface area contributed by atoms with Crippen molar-refractivity contribution in [3.63, 3.8) is 0 Å². The molecule has 7 nitrogen and oxygen atoms in total. The van der Waals surface area contributed by atoms with Crippen LogP contribution in [0.3, 0.4) is 0 Å². The zero-order valence-electron chi connectivity index (χ0n) is 10.8. The maximum atomic E-state index is 11.2. The average molecular weight is 328 g/mol. The predicted molar refractivity (Wildman–Crippen MR) is 78.1 cm³/mol. The van der Waals surface area contributed by atoms with E-state index in [1.807, 2.05) is 0 Å². The first-order chi connectivity index (χ1) is 9.88. The molecule has 0 amide bonds. The molecule has 110 valence electrons. The van der Waals surface area contributed by atoms with Gasteiger partial charge in [-0.2, -0.15) is 4.98 Å². The van der Waals surface area contributed by atoms with Crippen LogP contribution in [0.4, 0.5) is 0 Å². The molecule has 21 heavy (non-hydrogen) atoms. The van der Waals surface area contributed by atoms with Crippen molar-refractivity contribution < 1.29 is 9.90 Å². The van der Waals surface area contributed by atoms with Gasteiger partial charge in [-0.15, -0.1) is 0 Å². The van der Waals surface area contributed by atoms with E-state index in [-0.39, 0.29) is 5.56 Å².